The van der Waals surface area contributed by atoms with Crippen molar-refractivity contribution in [2.45, 2.75) is 26.2 Å². The lowest BCUT2D eigenvalue weighted by Gasteiger charge is -2.36. The molecule has 3 rings (SSSR count). The highest BCUT2D eigenvalue weighted by Gasteiger charge is 2.42. The molecule has 130 valence electrons. The van der Waals surface area contributed by atoms with Gasteiger partial charge in [0.25, 0.3) is 10.2 Å². The van der Waals surface area contributed by atoms with Crippen LogP contribution in [0, 0.1) is 17.8 Å². The monoisotopic (exact) mass is 358 g/mol. The molecule has 0 unspecified atom stereocenters. The third-order valence-corrected chi connectivity index (χ3v) is 7.70. The number of aliphatic hydroxyl groups is 1. The minimum absolute atomic E-state index is 0.0148. The maximum atomic E-state index is 13.0. The van der Waals surface area contributed by atoms with E-state index in [1.807, 2.05) is 11.4 Å². The van der Waals surface area contributed by atoms with E-state index in [0.29, 0.717) is 38.0 Å². The predicted octanol–water partition coefficient (Wildman–Crippen LogP) is 1.98. The normalized spacial score (nSPS) is 34.0. The Kier molecular flexibility index (Phi) is 5.13. The molecule has 1 aromatic rings. The molecular weight excluding hydrogens is 332 g/mol. The second kappa shape index (κ2) is 6.80. The lowest BCUT2D eigenvalue weighted by Crippen LogP contribution is -2.49. The molecule has 2 saturated heterocycles. The third-order valence-electron chi connectivity index (χ3n) is 5.10. The van der Waals surface area contributed by atoms with Crippen LogP contribution in [0.4, 0.5) is 0 Å². The van der Waals surface area contributed by atoms with Gasteiger partial charge in [-0.2, -0.15) is 28.4 Å². The molecule has 5 nitrogen and oxygen atoms in total. The van der Waals surface area contributed by atoms with Crippen LogP contribution >= 0.6 is 11.3 Å². The van der Waals surface area contributed by atoms with Gasteiger partial charge in [-0.05, 0) is 40.6 Å². The first-order chi connectivity index (χ1) is 10.9. The zero-order chi connectivity index (χ0) is 16.6. The van der Waals surface area contributed by atoms with E-state index < -0.39 is 10.2 Å². The molecule has 3 heterocycles. The maximum Gasteiger partial charge on any atom is 0.282 e. The summed E-state index contributed by atoms with van der Waals surface area (Å²) >= 11 is 1.62. The lowest BCUT2D eigenvalue weighted by molar-refractivity contribution is 0.206. The first kappa shape index (κ1) is 17.4. The fourth-order valence-electron chi connectivity index (χ4n) is 4.03. The quantitative estimate of drug-likeness (QED) is 0.895. The summed E-state index contributed by atoms with van der Waals surface area (Å²) in [6, 6.07) is 2.04. The summed E-state index contributed by atoms with van der Waals surface area (Å²) in [7, 11) is -3.44. The summed E-state index contributed by atoms with van der Waals surface area (Å²) in [5, 5.41) is 13.8. The number of thiophene rings is 1. The van der Waals surface area contributed by atoms with E-state index in [0.717, 1.165) is 12.0 Å². The summed E-state index contributed by atoms with van der Waals surface area (Å²) in [4.78, 5) is 0. The second-order valence-corrected chi connectivity index (χ2v) is 9.90. The predicted molar refractivity (Wildman–Crippen MR) is 92.6 cm³/mol. The molecule has 0 bridgehead atoms. The number of rotatable bonds is 4. The van der Waals surface area contributed by atoms with E-state index in [1.165, 1.54) is 0 Å². The van der Waals surface area contributed by atoms with Crippen LogP contribution in [-0.4, -0.2) is 54.9 Å². The number of hydrogen-bond donors (Lipinski definition) is 1. The Morgan fingerprint density at radius 2 is 1.83 bits per heavy atom. The summed E-state index contributed by atoms with van der Waals surface area (Å²) in [6.07, 6.45) is 1.09. The van der Waals surface area contributed by atoms with E-state index in [9.17, 15) is 13.5 Å². The summed E-state index contributed by atoms with van der Waals surface area (Å²) in [6.45, 7) is 6.37. The molecule has 2 fully saturated rings. The molecule has 2 aliphatic heterocycles. The molecule has 0 amide bonds. The lowest BCUT2D eigenvalue weighted by atomic mass is 9.92. The topological polar surface area (TPSA) is 60.9 Å². The average molecular weight is 359 g/mol. The first-order valence-corrected chi connectivity index (χ1v) is 10.6. The van der Waals surface area contributed by atoms with Gasteiger partial charge < -0.3 is 5.11 Å². The van der Waals surface area contributed by atoms with E-state index in [1.54, 1.807) is 19.9 Å². The van der Waals surface area contributed by atoms with Crippen LogP contribution in [0.1, 0.15) is 31.7 Å². The standard InChI is InChI=1S/C16H26N2O3S2/c1-12-5-13(2)7-17(6-12)23(20,21)18-8-15(10-19)16(9-18)14-3-4-22-11-14/h3-4,11-13,15-16,19H,5-10H2,1-2H3/t12-,13+,15-,16-/m0/s1. The molecular formula is C16H26N2O3S2. The molecule has 7 heteroatoms. The molecule has 1 N–H and O–H groups in total. The Morgan fingerprint density at radius 1 is 1.17 bits per heavy atom. The number of piperidine rings is 1. The number of nitrogens with zero attached hydrogens (tertiary/aromatic N) is 2. The van der Waals surface area contributed by atoms with Crippen LogP contribution in [0.3, 0.4) is 0 Å². The van der Waals surface area contributed by atoms with E-state index in [4.69, 9.17) is 0 Å². The zero-order valence-corrected chi connectivity index (χ0v) is 15.4. The molecule has 1 aromatic heterocycles. The van der Waals surface area contributed by atoms with Gasteiger partial charge in [0, 0.05) is 44.6 Å². The Morgan fingerprint density at radius 3 is 2.39 bits per heavy atom. The van der Waals surface area contributed by atoms with E-state index >= 15 is 0 Å². The van der Waals surface area contributed by atoms with Gasteiger partial charge in [0.1, 0.15) is 0 Å². The average Bonchev–Trinajstić information content (AvgIpc) is 3.15. The Hall–Kier alpha value is -0.470. The highest BCUT2D eigenvalue weighted by atomic mass is 32.2. The van der Waals surface area contributed by atoms with Crippen molar-refractivity contribution in [2.24, 2.45) is 17.8 Å². The van der Waals surface area contributed by atoms with Crippen LogP contribution in [0.5, 0.6) is 0 Å². The minimum atomic E-state index is -3.44. The third kappa shape index (κ3) is 3.49. The van der Waals surface area contributed by atoms with Crippen LogP contribution in [-0.2, 0) is 10.2 Å². The molecule has 0 saturated carbocycles. The van der Waals surface area contributed by atoms with Gasteiger partial charge in [0.05, 0.1) is 0 Å². The fourth-order valence-corrected chi connectivity index (χ4v) is 6.69. The Balaban J connectivity index is 1.78. The van der Waals surface area contributed by atoms with E-state index in [2.05, 4.69) is 19.2 Å². The van der Waals surface area contributed by atoms with Gasteiger partial charge in [-0.15, -0.1) is 0 Å². The van der Waals surface area contributed by atoms with Crippen molar-refractivity contribution in [3.63, 3.8) is 0 Å². The molecule has 0 aliphatic carbocycles. The molecule has 23 heavy (non-hydrogen) atoms. The second-order valence-electron chi connectivity index (χ2n) is 7.19. The Labute approximate surface area is 143 Å². The fraction of sp³-hybridized carbons (Fsp3) is 0.750. The molecule has 2 aliphatic rings. The number of aliphatic hydroxyl groups excluding tert-OH is 1. The van der Waals surface area contributed by atoms with Crippen molar-refractivity contribution in [1.29, 1.82) is 0 Å². The van der Waals surface area contributed by atoms with Gasteiger partial charge in [-0.1, -0.05) is 13.8 Å². The van der Waals surface area contributed by atoms with Crippen molar-refractivity contribution in [3.8, 4) is 0 Å². The zero-order valence-electron chi connectivity index (χ0n) is 13.8. The van der Waals surface area contributed by atoms with Gasteiger partial charge in [0.15, 0.2) is 0 Å². The maximum absolute atomic E-state index is 13.0. The van der Waals surface area contributed by atoms with Crippen molar-refractivity contribution in [1.82, 2.24) is 8.61 Å². The largest absolute Gasteiger partial charge is 0.396 e. The van der Waals surface area contributed by atoms with Crippen molar-refractivity contribution in [2.75, 3.05) is 32.8 Å². The molecule has 0 aromatic carbocycles. The van der Waals surface area contributed by atoms with Crippen LogP contribution in [0.2, 0.25) is 0 Å². The molecule has 4 atom stereocenters. The van der Waals surface area contributed by atoms with Crippen molar-refractivity contribution < 1.29 is 13.5 Å². The van der Waals surface area contributed by atoms with Crippen molar-refractivity contribution in [3.05, 3.63) is 22.4 Å². The summed E-state index contributed by atoms with van der Waals surface area (Å²) < 4.78 is 29.3. The van der Waals surface area contributed by atoms with Gasteiger partial charge in [0.2, 0.25) is 0 Å². The summed E-state index contributed by atoms with van der Waals surface area (Å²) in [5.41, 5.74) is 1.15. The van der Waals surface area contributed by atoms with E-state index in [-0.39, 0.29) is 18.4 Å². The highest BCUT2D eigenvalue weighted by molar-refractivity contribution is 7.86. The van der Waals surface area contributed by atoms with Gasteiger partial charge in [-0.25, -0.2) is 0 Å². The first-order valence-electron chi connectivity index (χ1n) is 8.30. The van der Waals surface area contributed by atoms with Gasteiger partial charge in [-0.3, -0.25) is 0 Å². The highest BCUT2D eigenvalue weighted by Crippen LogP contribution is 2.36. The van der Waals surface area contributed by atoms with Crippen LogP contribution in [0.25, 0.3) is 0 Å². The van der Waals surface area contributed by atoms with Crippen LogP contribution < -0.4 is 0 Å². The SMILES string of the molecule is C[C@@H]1C[C@H](C)CN(S(=O)(=O)N2C[C@@H](CO)[C@H](c3ccsc3)C2)C1. The van der Waals surface area contributed by atoms with Gasteiger partial charge >= 0.3 is 0 Å². The minimum Gasteiger partial charge on any atom is -0.396 e. The molecule has 0 radical (unpaired) electrons. The number of hydrogen-bond acceptors (Lipinski definition) is 4. The Bertz CT molecular complexity index is 607. The smallest absolute Gasteiger partial charge is 0.282 e. The summed E-state index contributed by atoms with van der Waals surface area (Å²) in [5.74, 6) is 0.884. The van der Waals surface area contributed by atoms with Crippen molar-refractivity contribution >= 4 is 21.5 Å². The molecule has 0 spiro atoms. The van der Waals surface area contributed by atoms with Crippen LogP contribution in [0.15, 0.2) is 16.8 Å².